The number of halogens is 1. The van der Waals surface area contributed by atoms with E-state index in [1.807, 2.05) is 24.3 Å². The smallest absolute Gasteiger partial charge is 0.268 e. The van der Waals surface area contributed by atoms with Crippen molar-refractivity contribution in [2.45, 2.75) is 31.2 Å². The van der Waals surface area contributed by atoms with Crippen molar-refractivity contribution in [1.82, 2.24) is 10.3 Å². The molecule has 116 valence electrons. The molecule has 2 N–H and O–H groups in total. The van der Waals surface area contributed by atoms with Crippen LogP contribution in [-0.2, 0) is 4.74 Å². The zero-order valence-electron chi connectivity index (χ0n) is 12.3. The summed E-state index contributed by atoms with van der Waals surface area (Å²) >= 11 is 6.00. The molecule has 2 fully saturated rings. The van der Waals surface area contributed by atoms with Crippen molar-refractivity contribution < 1.29 is 9.53 Å². The normalized spacial score (nSPS) is 21.0. The van der Waals surface area contributed by atoms with Gasteiger partial charge in [-0.1, -0.05) is 11.6 Å². The van der Waals surface area contributed by atoms with Gasteiger partial charge in [0.1, 0.15) is 5.69 Å². The van der Waals surface area contributed by atoms with E-state index in [2.05, 4.69) is 10.3 Å². The summed E-state index contributed by atoms with van der Waals surface area (Å²) in [6.45, 7) is 1.63. The van der Waals surface area contributed by atoms with Crippen molar-refractivity contribution in [2.24, 2.45) is 5.92 Å². The number of aromatic amines is 1. The van der Waals surface area contributed by atoms with Crippen LogP contribution in [0.3, 0.4) is 0 Å². The van der Waals surface area contributed by atoms with Crippen LogP contribution in [0.1, 0.15) is 36.2 Å². The highest BCUT2D eigenvalue weighted by Crippen LogP contribution is 2.46. The Bertz CT molecular complexity index is 715. The molecule has 1 amide bonds. The van der Waals surface area contributed by atoms with Gasteiger partial charge in [0.15, 0.2) is 0 Å². The molecular weight excluding hydrogens is 300 g/mol. The molecule has 1 saturated heterocycles. The van der Waals surface area contributed by atoms with Gasteiger partial charge in [-0.15, -0.1) is 0 Å². The van der Waals surface area contributed by atoms with Crippen molar-refractivity contribution in [1.29, 1.82) is 0 Å². The molecular formula is C17H19ClN2O2. The largest absolute Gasteiger partial charge is 0.381 e. The first-order valence-electron chi connectivity index (χ1n) is 7.85. The number of benzene rings is 1. The molecule has 0 spiro atoms. The first kappa shape index (κ1) is 14.1. The minimum Gasteiger partial charge on any atom is -0.381 e. The lowest BCUT2D eigenvalue weighted by atomic mass is 9.89. The second kappa shape index (κ2) is 5.28. The Balaban J connectivity index is 1.53. The number of nitrogens with one attached hydrogen (secondary N) is 2. The van der Waals surface area contributed by atoms with Gasteiger partial charge in [-0.05, 0) is 55.9 Å². The summed E-state index contributed by atoms with van der Waals surface area (Å²) in [7, 11) is 0. The van der Waals surface area contributed by atoms with E-state index in [1.54, 1.807) is 0 Å². The van der Waals surface area contributed by atoms with Gasteiger partial charge in [0.25, 0.3) is 5.91 Å². The Morgan fingerprint density at radius 2 is 2.05 bits per heavy atom. The third kappa shape index (κ3) is 2.50. The number of fused-ring (bicyclic) bond motifs is 1. The molecule has 1 saturated carbocycles. The number of hydrogen-bond acceptors (Lipinski definition) is 2. The molecule has 5 heteroatoms. The second-order valence-corrected chi connectivity index (χ2v) is 6.85. The Labute approximate surface area is 134 Å². The molecule has 1 aliphatic heterocycles. The molecule has 22 heavy (non-hydrogen) atoms. The van der Waals surface area contributed by atoms with Gasteiger partial charge in [0.2, 0.25) is 0 Å². The van der Waals surface area contributed by atoms with Crippen molar-refractivity contribution in [3.63, 3.8) is 0 Å². The minimum absolute atomic E-state index is 0.00416. The summed E-state index contributed by atoms with van der Waals surface area (Å²) in [6.07, 6.45) is 4.25. The Hall–Kier alpha value is -1.52. The molecule has 1 aromatic carbocycles. The molecule has 1 aromatic heterocycles. The fourth-order valence-corrected chi connectivity index (χ4v) is 3.72. The zero-order valence-corrected chi connectivity index (χ0v) is 13.1. The topological polar surface area (TPSA) is 54.1 Å². The van der Waals surface area contributed by atoms with Crippen molar-refractivity contribution in [3.05, 3.63) is 35.0 Å². The van der Waals surface area contributed by atoms with Gasteiger partial charge in [0.05, 0.1) is 0 Å². The number of H-pyrrole nitrogens is 1. The van der Waals surface area contributed by atoms with E-state index in [0.717, 1.165) is 49.8 Å². The first-order valence-corrected chi connectivity index (χ1v) is 8.23. The van der Waals surface area contributed by atoms with Crippen LogP contribution in [0.5, 0.6) is 0 Å². The van der Waals surface area contributed by atoms with Crippen LogP contribution in [0.15, 0.2) is 24.3 Å². The molecule has 1 aliphatic carbocycles. The van der Waals surface area contributed by atoms with Gasteiger partial charge in [-0.3, -0.25) is 4.79 Å². The fourth-order valence-electron chi connectivity index (χ4n) is 3.54. The minimum atomic E-state index is -0.0173. The number of carbonyl (C=O) groups is 1. The molecule has 4 nitrogen and oxygen atoms in total. The number of rotatable bonds is 3. The molecule has 0 radical (unpaired) electrons. The molecule has 0 atom stereocenters. The van der Waals surface area contributed by atoms with Crippen LogP contribution >= 0.6 is 11.6 Å². The summed E-state index contributed by atoms with van der Waals surface area (Å²) < 4.78 is 5.43. The average Bonchev–Trinajstić information content (AvgIpc) is 3.18. The average molecular weight is 319 g/mol. The number of carbonyl (C=O) groups excluding carboxylic acids is 1. The highest BCUT2D eigenvalue weighted by atomic mass is 35.5. The standard InChI is InChI=1S/C17H19ClN2O2/c18-13-1-2-14-11(9-13)10-15(19-14)16(21)20-17(5-6-17)12-3-7-22-8-4-12/h1-2,9-10,12,19H,3-8H2,(H,20,21). The molecule has 2 heterocycles. The van der Waals surface area contributed by atoms with E-state index in [4.69, 9.17) is 16.3 Å². The first-order chi connectivity index (χ1) is 10.7. The third-order valence-electron chi connectivity index (χ3n) is 4.98. The van der Waals surface area contributed by atoms with Gasteiger partial charge in [0, 0.05) is 34.7 Å². The van der Waals surface area contributed by atoms with Gasteiger partial charge in [-0.25, -0.2) is 0 Å². The number of hydrogen-bond donors (Lipinski definition) is 2. The highest BCUT2D eigenvalue weighted by Gasteiger charge is 2.50. The molecule has 0 bridgehead atoms. The van der Waals surface area contributed by atoms with Crippen molar-refractivity contribution >= 4 is 28.4 Å². The Morgan fingerprint density at radius 3 is 2.77 bits per heavy atom. The summed E-state index contributed by atoms with van der Waals surface area (Å²) in [5, 5.41) is 4.92. The SMILES string of the molecule is O=C(NC1(C2CCOCC2)CC1)c1cc2cc(Cl)ccc2[nH]1. The Morgan fingerprint density at radius 1 is 1.27 bits per heavy atom. The van der Waals surface area contributed by atoms with Crippen LogP contribution in [0.2, 0.25) is 5.02 Å². The summed E-state index contributed by atoms with van der Waals surface area (Å²) in [4.78, 5) is 15.8. The third-order valence-corrected chi connectivity index (χ3v) is 5.22. The monoisotopic (exact) mass is 318 g/mol. The van der Waals surface area contributed by atoms with Gasteiger partial charge >= 0.3 is 0 Å². The molecule has 2 aliphatic rings. The second-order valence-electron chi connectivity index (χ2n) is 6.41. The zero-order chi connectivity index (χ0) is 15.2. The quantitative estimate of drug-likeness (QED) is 0.910. The number of aromatic nitrogens is 1. The summed E-state index contributed by atoms with van der Waals surface area (Å²) in [5.74, 6) is 0.528. The van der Waals surface area contributed by atoms with Crippen molar-refractivity contribution in [2.75, 3.05) is 13.2 Å². The van der Waals surface area contributed by atoms with Gasteiger partial charge < -0.3 is 15.0 Å². The van der Waals surface area contributed by atoms with E-state index >= 15 is 0 Å². The predicted molar refractivity (Wildman–Crippen MR) is 86.3 cm³/mol. The van der Waals surface area contributed by atoms with E-state index in [9.17, 15) is 4.79 Å². The molecule has 4 rings (SSSR count). The lowest BCUT2D eigenvalue weighted by Gasteiger charge is -2.31. The van der Waals surface area contributed by atoms with E-state index < -0.39 is 0 Å². The van der Waals surface area contributed by atoms with Gasteiger partial charge in [-0.2, -0.15) is 0 Å². The lowest BCUT2D eigenvalue weighted by Crippen LogP contribution is -2.44. The van der Waals surface area contributed by atoms with Crippen molar-refractivity contribution in [3.8, 4) is 0 Å². The van der Waals surface area contributed by atoms with Crippen LogP contribution in [0.25, 0.3) is 10.9 Å². The molecule has 2 aromatic rings. The van der Waals surface area contributed by atoms with E-state index in [1.165, 1.54) is 0 Å². The predicted octanol–water partition coefficient (Wildman–Crippen LogP) is 3.51. The van der Waals surface area contributed by atoms with E-state index in [0.29, 0.717) is 16.6 Å². The van der Waals surface area contributed by atoms with Crippen LogP contribution in [-0.4, -0.2) is 29.6 Å². The summed E-state index contributed by atoms with van der Waals surface area (Å²) in [6, 6.07) is 7.47. The maximum absolute atomic E-state index is 12.6. The van der Waals surface area contributed by atoms with E-state index in [-0.39, 0.29) is 11.4 Å². The van der Waals surface area contributed by atoms with Crippen LogP contribution in [0.4, 0.5) is 0 Å². The Kier molecular flexibility index (Phi) is 3.39. The maximum atomic E-state index is 12.6. The maximum Gasteiger partial charge on any atom is 0.268 e. The van der Waals surface area contributed by atoms with Crippen LogP contribution in [0, 0.1) is 5.92 Å². The van der Waals surface area contributed by atoms with Crippen LogP contribution < -0.4 is 5.32 Å². The number of ether oxygens (including phenoxy) is 1. The highest BCUT2D eigenvalue weighted by molar-refractivity contribution is 6.31. The molecule has 0 unspecified atom stereocenters. The fraction of sp³-hybridized carbons (Fsp3) is 0.471. The number of amides is 1. The summed E-state index contributed by atoms with van der Waals surface area (Å²) in [5.41, 5.74) is 1.54. The lowest BCUT2D eigenvalue weighted by molar-refractivity contribution is 0.0475.